The highest BCUT2D eigenvalue weighted by Gasteiger charge is 2.17. The molecule has 1 amide bonds. The monoisotopic (exact) mass is 348 g/mol. The number of carbonyl (C=O) groups is 1. The first-order chi connectivity index (χ1) is 10.1. The van der Waals surface area contributed by atoms with Crippen LogP contribution in [0.4, 0.5) is 0 Å². The quantitative estimate of drug-likeness (QED) is 0.837. The lowest BCUT2D eigenvalue weighted by molar-refractivity contribution is -0.132. The first-order valence-corrected chi connectivity index (χ1v) is 8.01. The molecule has 0 radical (unpaired) electrons. The van der Waals surface area contributed by atoms with E-state index in [9.17, 15) is 9.59 Å². The summed E-state index contributed by atoms with van der Waals surface area (Å²) in [4.78, 5) is 26.2. The number of benzene rings is 1. The Labute approximate surface area is 131 Å². The van der Waals surface area contributed by atoms with E-state index in [1.165, 1.54) is 12.5 Å². The van der Waals surface area contributed by atoms with E-state index in [0.717, 1.165) is 35.9 Å². The third kappa shape index (κ3) is 3.02. The largest absolute Gasteiger partial charge is 0.341 e. The van der Waals surface area contributed by atoms with Gasteiger partial charge < -0.3 is 9.47 Å². The molecule has 1 aliphatic rings. The number of hydrogen-bond acceptors (Lipinski definition) is 2. The standard InChI is InChI=1S/C16H17BrN2O2/c17-12-4-5-13-14(10-12)19(9-6-15(13)20)11-16(21)18-7-2-1-3-8-18/h4-6,9-10H,1-3,7-8,11H2. The molecule has 0 saturated carbocycles. The van der Waals surface area contributed by atoms with Gasteiger partial charge in [0.1, 0.15) is 6.54 Å². The van der Waals surface area contributed by atoms with Crippen molar-refractivity contribution in [1.82, 2.24) is 9.47 Å². The molecule has 3 rings (SSSR count). The number of aromatic nitrogens is 1. The first-order valence-electron chi connectivity index (χ1n) is 7.21. The van der Waals surface area contributed by atoms with E-state index < -0.39 is 0 Å². The molecule has 0 spiro atoms. The number of rotatable bonds is 2. The molecule has 1 aliphatic heterocycles. The predicted octanol–water partition coefficient (Wildman–Crippen LogP) is 2.78. The summed E-state index contributed by atoms with van der Waals surface area (Å²) < 4.78 is 2.76. The number of nitrogens with zero attached hydrogens (tertiary/aromatic N) is 2. The van der Waals surface area contributed by atoms with Gasteiger partial charge in [-0.1, -0.05) is 15.9 Å². The first kappa shape index (κ1) is 14.3. The minimum atomic E-state index is -0.0147. The number of pyridine rings is 1. The van der Waals surface area contributed by atoms with Gasteiger partial charge in [0.2, 0.25) is 5.91 Å². The van der Waals surface area contributed by atoms with Crippen molar-refractivity contribution < 1.29 is 4.79 Å². The van der Waals surface area contributed by atoms with Crippen molar-refractivity contribution in [1.29, 1.82) is 0 Å². The highest BCUT2D eigenvalue weighted by atomic mass is 79.9. The van der Waals surface area contributed by atoms with Crippen LogP contribution in [0.15, 0.2) is 39.7 Å². The van der Waals surface area contributed by atoms with Crippen molar-refractivity contribution in [2.24, 2.45) is 0 Å². The van der Waals surface area contributed by atoms with E-state index in [1.807, 2.05) is 21.6 Å². The number of hydrogen-bond donors (Lipinski definition) is 0. The number of amides is 1. The second-order valence-corrected chi connectivity index (χ2v) is 6.33. The average molecular weight is 349 g/mol. The van der Waals surface area contributed by atoms with Crippen LogP contribution in [0.5, 0.6) is 0 Å². The Morgan fingerprint density at radius 3 is 2.67 bits per heavy atom. The molecule has 1 fully saturated rings. The van der Waals surface area contributed by atoms with Crippen LogP contribution in [-0.4, -0.2) is 28.5 Å². The summed E-state index contributed by atoms with van der Waals surface area (Å²) in [6.45, 7) is 1.98. The van der Waals surface area contributed by atoms with E-state index in [2.05, 4.69) is 15.9 Å². The number of fused-ring (bicyclic) bond motifs is 1. The summed E-state index contributed by atoms with van der Waals surface area (Å²) in [5.74, 6) is 0.125. The molecule has 2 aromatic rings. The Kier molecular flexibility index (Phi) is 4.10. The van der Waals surface area contributed by atoms with Gasteiger partial charge in [-0.05, 0) is 37.5 Å². The summed E-state index contributed by atoms with van der Waals surface area (Å²) in [5, 5.41) is 0.646. The second kappa shape index (κ2) is 6.02. The van der Waals surface area contributed by atoms with Crippen LogP contribution in [0, 0.1) is 0 Å². The molecular weight excluding hydrogens is 332 g/mol. The Morgan fingerprint density at radius 2 is 1.90 bits per heavy atom. The number of piperidine rings is 1. The fourth-order valence-corrected chi connectivity index (χ4v) is 3.15. The molecule has 5 heteroatoms. The minimum Gasteiger partial charge on any atom is -0.341 e. The summed E-state index contributed by atoms with van der Waals surface area (Å²) >= 11 is 3.42. The zero-order valence-electron chi connectivity index (χ0n) is 11.7. The summed E-state index contributed by atoms with van der Waals surface area (Å²) in [6.07, 6.45) is 5.08. The van der Waals surface area contributed by atoms with E-state index in [-0.39, 0.29) is 17.9 Å². The van der Waals surface area contributed by atoms with Crippen LogP contribution in [0.2, 0.25) is 0 Å². The van der Waals surface area contributed by atoms with E-state index in [0.29, 0.717) is 5.39 Å². The van der Waals surface area contributed by atoms with Crippen LogP contribution in [-0.2, 0) is 11.3 Å². The van der Waals surface area contributed by atoms with Gasteiger partial charge in [0.05, 0.1) is 5.52 Å². The van der Waals surface area contributed by atoms with Gasteiger partial charge in [0.15, 0.2) is 5.43 Å². The molecule has 0 aliphatic carbocycles. The van der Waals surface area contributed by atoms with Gasteiger partial charge in [0, 0.05) is 35.2 Å². The van der Waals surface area contributed by atoms with Crippen LogP contribution < -0.4 is 5.43 Å². The van der Waals surface area contributed by atoms with Crippen LogP contribution in [0.1, 0.15) is 19.3 Å². The van der Waals surface area contributed by atoms with E-state index in [1.54, 1.807) is 12.3 Å². The van der Waals surface area contributed by atoms with Gasteiger partial charge in [0.25, 0.3) is 0 Å². The van der Waals surface area contributed by atoms with E-state index in [4.69, 9.17) is 0 Å². The van der Waals surface area contributed by atoms with Crippen molar-refractivity contribution in [3.63, 3.8) is 0 Å². The maximum Gasteiger partial charge on any atom is 0.242 e. The molecule has 4 nitrogen and oxygen atoms in total. The van der Waals surface area contributed by atoms with Crippen molar-refractivity contribution in [2.45, 2.75) is 25.8 Å². The second-order valence-electron chi connectivity index (χ2n) is 5.41. The van der Waals surface area contributed by atoms with Gasteiger partial charge in [-0.25, -0.2) is 0 Å². The maximum atomic E-state index is 12.4. The molecular formula is C16H17BrN2O2. The Morgan fingerprint density at radius 1 is 1.14 bits per heavy atom. The molecule has 0 N–H and O–H groups in total. The molecule has 2 heterocycles. The lowest BCUT2D eigenvalue weighted by atomic mass is 10.1. The van der Waals surface area contributed by atoms with Crippen molar-refractivity contribution >= 4 is 32.7 Å². The molecule has 1 saturated heterocycles. The van der Waals surface area contributed by atoms with E-state index >= 15 is 0 Å². The highest BCUT2D eigenvalue weighted by molar-refractivity contribution is 9.10. The van der Waals surface area contributed by atoms with Crippen molar-refractivity contribution in [3.05, 3.63) is 45.2 Å². The Bertz CT molecular complexity index is 733. The van der Waals surface area contributed by atoms with Gasteiger partial charge in [-0.3, -0.25) is 9.59 Å². The third-order valence-electron chi connectivity index (χ3n) is 3.95. The normalized spacial score (nSPS) is 15.4. The van der Waals surface area contributed by atoms with Crippen LogP contribution in [0.3, 0.4) is 0 Å². The van der Waals surface area contributed by atoms with Gasteiger partial charge in [-0.15, -0.1) is 0 Å². The lowest BCUT2D eigenvalue weighted by Gasteiger charge is -2.27. The van der Waals surface area contributed by atoms with Gasteiger partial charge in [-0.2, -0.15) is 0 Å². The topological polar surface area (TPSA) is 42.3 Å². The summed E-state index contributed by atoms with van der Waals surface area (Å²) in [6, 6.07) is 7.06. The van der Waals surface area contributed by atoms with Crippen LogP contribution in [0.25, 0.3) is 10.9 Å². The van der Waals surface area contributed by atoms with Crippen molar-refractivity contribution in [3.8, 4) is 0 Å². The minimum absolute atomic E-state index is 0.0147. The molecule has 0 atom stereocenters. The molecule has 0 bridgehead atoms. The highest BCUT2D eigenvalue weighted by Crippen LogP contribution is 2.18. The molecule has 0 unspecified atom stereocenters. The SMILES string of the molecule is O=C(Cn1ccc(=O)c2ccc(Br)cc21)N1CCCCC1. The molecule has 1 aromatic heterocycles. The molecule has 21 heavy (non-hydrogen) atoms. The maximum absolute atomic E-state index is 12.4. The van der Waals surface area contributed by atoms with Gasteiger partial charge >= 0.3 is 0 Å². The zero-order chi connectivity index (χ0) is 14.8. The number of carbonyl (C=O) groups excluding carboxylic acids is 1. The fraction of sp³-hybridized carbons (Fsp3) is 0.375. The number of likely N-dealkylation sites (tertiary alicyclic amines) is 1. The Balaban J connectivity index is 1.93. The summed E-state index contributed by atoms with van der Waals surface area (Å²) in [5.41, 5.74) is 0.779. The molecule has 110 valence electrons. The van der Waals surface area contributed by atoms with Crippen molar-refractivity contribution in [2.75, 3.05) is 13.1 Å². The average Bonchev–Trinajstić information content (AvgIpc) is 2.51. The predicted molar refractivity (Wildman–Crippen MR) is 86.3 cm³/mol. The number of halogens is 1. The lowest BCUT2D eigenvalue weighted by Crippen LogP contribution is -2.37. The third-order valence-corrected chi connectivity index (χ3v) is 4.45. The van der Waals surface area contributed by atoms with Crippen LogP contribution >= 0.6 is 15.9 Å². The Hall–Kier alpha value is -1.62. The molecule has 1 aromatic carbocycles. The zero-order valence-corrected chi connectivity index (χ0v) is 13.3. The summed E-state index contributed by atoms with van der Waals surface area (Å²) in [7, 11) is 0. The fourth-order valence-electron chi connectivity index (χ4n) is 2.81. The smallest absolute Gasteiger partial charge is 0.242 e.